The van der Waals surface area contributed by atoms with Gasteiger partial charge in [0.15, 0.2) is 0 Å². The third-order valence-corrected chi connectivity index (χ3v) is 3.73. The number of likely N-dealkylation sites (N-methyl/N-ethyl adjacent to an activating group) is 1. The number of benzene rings is 1. The Labute approximate surface area is 104 Å². The second-order valence-electron chi connectivity index (χ2n) is 4.73. The maximum absolute atomic E-state index is 5.98. The molecule has 2 rings (SSSR count). The van der Waals surface area contributed by atoms with Gasteiger partial charge in [-0.1, -0.05) is 37.3 Å². The lowest BCUT2D eigenvalue weighted by molar-refractivity contribution is 0.0699. The largest absolute Gasteiger partial charge is 0.379 e. The summed E-state index contributed by atoms with van der Waals surface area (Å²) in [5.41, 5.74) is 7.37. The molecule has 1 aliphatic rings. The van der Waals surface area contributed by atoms with Crippen molar-refractivity contribution >= 4 is 0 Å². The number of nitrogens with zero attached hydrogens (tertiary/aromatic N) is 1. The van der Waals surface area contributed by atoms with Gasteiger partial charge in [-0.2, -0.15) is 0 Å². The number of ether oxygens (including phenoxy) is 1. The molecule has 0 saturated carbocycles. The van der Waals surface area contributed by atoms with Crippen LogP contribution in [0.25, 0.3) is 0 Å². The Morgan fingerprint density at radius 2 is 2.12 bits per heavy atom. The maximum atomic E-state index is 5.98. The minimum atomic E-state index is 0.0462. The van der Waals surface area contributed by atoms with Crippen LogP contribution in [-0.2, 0) is 11.3 Å². The Bertz CT molecular complexity index is 333. The predicted molar refractivity (Wildman–Crippen MR) is 69.7 cm³/mol. The molecule has 1 atom stereocenters. The van der Waals surface area contributed by atoms with Gasteiger partial charge in [0.2, 0.25) is 0 Å². The zero-order valence-corrected chi connectivity index (χ0v) is 10.6. The van der Waals surface area contributed by atoms with E-state index in [4.69, 9.17) is 10.5 Å². The molecule has 1 aromatic rings. The van der Waals surface area contributed by atoms with Crippen molar-refractivity contribution in [3.05, 3.63) is 35.9 Å². The fourth-order valence-electron chi connectivity index (χ4n) is 2.55. The fourth-order valence-corrected chi connectivity index (χ4v) is 2.55. The van der Waals surface area contributed by atoms with Crippen molar-refractivity contribution in [1.29, 1.82) is 0 Å². The lowest BCUT2D eigenvalue weighted by Crippen LogP contribution is -2.54. The average molecular weight is 234 g/mol. The molecule has 0 spiro atoms. The topological polar surface area (TPSA) is 38.5 Å². The van der Waals surface area contributed by atoms with Crippen LogP contribution >= 0.6 is 0 Å². The van der Waals surface area contributed by atoms with Gasteiger partial charge in [-0.3, -0.25) is 4.90 Å². The van der Waals surface area contributed by atoms with E-state index in [0.29, 0.717) is 6.54 Å². The summed E-state index contributed by atoms with van der Waals surface area (Å²) in [5, 5.41) is 0. The molecule has 3 heteroatoms. The van der Waals surface area contributed by atoms with Crippen LogP contribution in [0.5, 0.6) is 0 Å². The van der Waals surface area contributed by atoms with Gasteiger partial charge in [-0.15, -0.1) is 0 Å². The normalized spacial score (nSPS) is 24.4. The van der Waals surface area contributed by atoms with Gasteiger partial charge in [0.1, 0.15) is 0 Å². The highest BCUT2D eigenvalue weighted by molar-refractivity contribution is 5.15. The second kappa shape index (κ2) is 5.63. The van der Waals surface area contributed by atoms with Gasteiger partial charge in [0.25, 0.3) is 0 Å². The third-order valence-electron chi connectivity index (χ3n) is 3.73. The second-order valence-corrected chi connectivity index (χ2v) is 4.73. The van der Waals surface area contributed by atoms with E-state index >= 15 is 0 Å². The number of rotatable bonds is 5. The standard InChI is InChI=1S/C14H22N2O/c1-2-16(10-13-6-4-3-5-7-13)14(11-15)8-9-17-12-14/h3-7H,2,8-12,15H2,1H3. The molecule has 0 bridgehead atoms. The highest BCUT2D eigenvalue weighted by Gasteiger charge is 2.38. The molecule has 3 nitrogen and oxygen atoms in total. The van der Waals surface area contributed by atoms with Gasteiger partial charge < -0.3 is 10.5 Å². The Kier molecular flexibility index (Phi) is 4.15. The minimum Gasteiger partial charge on any atom is -0.379 e. The molecule has 1 heterocycles. The molecule has 1 saturated heterocycles. The number of hydrogen-bond donors (Lipinski definition) is 1. The van der Waals surface area contributed by atoms with E-state index in [2.05, 4.69) is 42.2 Å². The first-order chi connectivity index (χ1) is 8.30. The molecule has 2 N–H and O–H groups in total. The highest BCUT2D eigenvalue weighted by atomic mass is 16.5. The van der Waals surface area contributed by atoms with Crippen LogP contribution in [0.4, 0.5) is 0 Å². The molecule has 0 aromatic heterocycles. The smallest absolute Gasteiger partial charge is 0.0663 e. The minimum absolute atomic E-state index is 0.0462. The first-order valence-corrected chi connectivity index (χ1v) is 6.37. The van der Waals surface area contributed by atoms with Crippen molar-refractivity contribution < 1.29 is 4.74 Å². The van der Waals surface area contributed by atoms with Gasteiger partial charge in [0, 0.05) is 19.7 Å². The zero-order valence-electron chi connectivity index (χ0n) is 10.6. The summed E-state index contributed by atoms with van der Waals surface area (Å²) in [5.74, 6) is 0. The molecule has 0 radical (unpaired) electrons. The quantitative estimate of drug-likeness (QED) is 0.841. The van der Waals surface area contributed by atoms with E-state index in [-0.39, 0.29) is 5.54 Å². The lowest BCUT2D eigenvalue weighted by Gasteiger charge is -2.38. The molecule has 1 fully saturated rings. The SMILES string of the molecule is CCN(Cc1ccccc1)C1(CN)CCOC1. The predicted octanol–water partition coefficient (Wildman–Crippen LogP) is 1.63. The maximum Gasteiger partial charge on any atom is 0.0663 e. The van der Waals surface area contributed by atoms with Crippen LogP contribution in [0.15, 0.2) is 30.3 Å². The first kappa shape index (κ1) is 12.6. The summed E-state index contributed by atoms with van der Waals surface area (Å²) in [6.45, 7) is 6.44. The van der Waals surface area contributed by atoms with Gasteiger partial charge in [-0.05, 0) is 18.5 Å². The summed E-state index contributed by atoms with van der Waals surface area (Å²) in [4.78, 5) is 2.45. The molecular weight excluding hydrogens is 212 g/mol. The first-order valence-electron chi connectivity index (χ1n) is 6.37. The van der Waals surface area contributed by atoms with E-state index < -0.39 is 0 Å². The zero-order chi connectivity index (χ0) is 12.1. The number of hydrogen-bond acceptors (Lipinski definition) is 3. The van der Waals surface area contributed by atoms with Crippen LogP contribution in [0.2, 0.25) is 0 Å². The van der Waals surface area contributed by atoms with Crippen LogP contribution in [0.1, 0.15) is 18.9 Å². The van der Waals surface area contributed by atoms with Crippen LogP contribution in [0.3, 0.4) is 0 Å². The van der Waals surface area contributed by atoms with Crippen molar-refractivity contribution in [2.45, 2.75) is 25.4 Å². The van der Waals surface area contributed by atoms with E-state index in [1.807, 2.05) is 0 Å². The van der Waals surface area contributed by atoms with Gasteiger partial charge in [0.05, 0.1) is 12.1 Å². The Hall–Kier alpha value is -0.900. The Morgan fingerprint density at radius 1 is 1.35 bits per heavy atom. The summed E-state index contributed by atoms with van der Waals surface area (Å²) in [6.07, 6.45) is 1.05. The monoisotopic (exact) mass is 234 g/mol. The van der Waals surface area contributed by atoms with E-state index in [1.54, 1.807) is 0 Å². The van der Waals surface area contributed by atoms with Crippen molar-refractivity contribution in [3.8, 4) is 0 Å². The summed E-state index contributed by atoms with van der Waals surface area (Å²) in [6, 6.07) is 10.6. The van der Waals surface area contributed by atoms with E-state index in [0.717, 1.165) is 32.7 Å². The Morgan fingerprint density at radius 3 is 2.65 bits per heavy atom. The van der Waals surface area contributed by atoms with E-state index in [9.17, 15) is 0 Å². The fraction of sp³-hybridized carbons (Fsp3) is 0.571. The number of nitrogens with two attached hydrogens (primary N) is 1. The molecule has 1 aromatic carbocycles. The summed E-state index contributed by atoms with van der Waals surface area (Å²) in [7, 11) is 0. The molecule has 0 amide bonds. The van der Waals surface area contributed by atoms with Crippen LogP contribution in [0, 0.1) is 0 Å². The van der Waals surface area contributed by atoms with Gasteiger partial charge >= 0.3 is 0 Å². The molecule has 1 aliphatic heterocycles. The Balaban J connectivity index is 2.10. The molecular formula is C14H22N2O. The lowest BCUT2D eigenvalue weighted by atomic mass is 9.95. The van der Waals surface area contributed by atoms with Crippen molar-refractivity contribution in [2.75, 3.05) is 26.3 Å². The molecule has 17 heavy (non-hydrogen) atoms. The van der Waals surface area contributed by atoms with Crippen molar-refractivity contribution in [1.82, 2.24) is 4.90 Å². The van der Waals surface area contributed by atoms with Crippen molar-refractivity contribution in [3.63, 3.8) is 0 Å². The molecule has 0 aliphatic carbocycles. The van der Waals surface area contributed by atoms with Crippen molar-refractivity contribution in [2.24, 2.45) is 5.73 Å². The highest BCUT2D eigenvalue weighted by Crippen LogP contribution is 2.26. The van der Waals surface area contributed by atoms with Crippen LogP contribution in [-0.4, -0.2) is 36.7 Å². The molecule has 1 unspecified atom stereocenters. The van der Waals surface area contributed by atoms with Gasteiger partial charge in [-0.25, -0.2) is 0 Å². The third kappa shape index (κ3) is 2.68. The molecule has 94 valence electrons. The summed E-state index contributed by atoms with van der Waals surface area (Å²) >= 11 is 0. The van der Waals surface area contributed by atoms with Crippen LogP contribution < -0.4 is 5.73 Å². The van der Waals surface area contributed by atoms with E-state index in [1.165, 1.54) is 5.56 Å². The average Bonchev–Trinajstić information content (AvgIpc) is 2.87. The summed E-state index contributed by atoms with van der Waals surface area (Å²) < 4.78 is 5.55.